The topological polar surface area (TPSA) is 38.7 Å². The highest BCUT2D eigenvalue weighted by molar-refractivity contribution is 6.30. The molecule has 3 nitrogen and oxygen atoms in total. The Bertz CT molecular complexity index is 378. The summed E-state index contributed by atoms with van der Waals surface area (Å²) in [6.07, 6.45) is 0.454. The summed E-state index contributed by atoms with van der Waals surface area (Å²) in [5.41, 5.74) is 0.703. The first-order valence-electron chi connectivity index (χ1n) is 6.68. The van der Waals surface area contributed by atoms with Crippen molar-refractivity contribution in [3.05, 3.63) is 28.8 Å². The highest BCUT2D eigenvalue weighted by atomic mass is 35.5. The fourth-order valence-corrected chi connectivity index (χ4v) is 1.79. The Morgan fingerprint density at radius 1 is 1.16 bits per heavy atom. The Morgan fingerprint density at radius 3 is 2.53 bits per heavy atom. The maximum atomic E-state index is 9.66. The first-order chi connectivity index (χ1) is 9.00. The highest BCUT2D eigenvalue weighted by Gasteiger charge is 2.09. The van der Waals surface area contributed by atoms with E-state index in [4.69, 9.17) is 21.1 Å². The van der Waals surface area contributed by atoms with Crippen molar-refractivity contribution in [2.24, 2.45) is 5.92 Å². The van der Waals surface area contributed by atoms with Crippen molar-refractivity contribution in [1.82, 2.24) is 0 Å². The van der Waals surface area contributed by atoms with Crippen LogP contribution in [0.2, 0.25) is 5.02 Å². The van der Waals surface area contributed by atoms with E-state index in [0.29, 0.717) is 35.5 Å². The predicted molar refractivity (Wildman–Crippen MR) is 77.9 cm³/mol. The average molecular weight is 287 g/mol. The lowest BCUT2D eigenvalue weighted by Gasteiger charge is -2.14. The molecule has 1 atom stereocenters. The van der Waals surface area contributed by atoms with Crippen LogP contribution in [0.3, 0.4) is 0 Å². The molecular formula is C15H23ClO3. The summed E-state index contributed by atoms with van der Waals surface area (Å²) in [7, 11) is 0. The van der Waals surface area contributed by atoms with Gasteiger partial charge in [0.25, 0.3) is 0 Å². The quantitative estimate of drug-likeness (QED) is 0.738. The second-order valence-corrected chi connectivity index (χ2v) is 5.44. The largest absolute Gasteiger partial charge is 0.491 e. The molecule has 0 saturated carbocycles. The maximum Gasteiger partial charge on any atom is 0.125 e. The minimum absolute atomic E-state index is 0.472. The van der Waals surface area contributed by atoms with E-state index in [1.54, 1.807) is 25.1 Å². The maximum absolute atomic E-state index is 9.66. The van der Waals surface area contributed by atoms with Gasteiger partial charge >= 0.3 is 0 Å². The predicted octanol–water partition coefficient (Wildman–Crippen LogP) is 3.83. The fourth-order valence-electron chi connectivity index (χ4n) is 1.61. The van der Waals surface area contributed by atoms with Gasteiger partial charge < -0.3 is 14.6 Å². The molecule has 0 unspecified atom stereocenters. The van der Waals surface area contributed by atoms with Crippen LogP contribution in [0.1, 0.15) is 38.9 Å². The fraction of sp³-hybridized carbons (Fsp3) is 0.600. The van der Waals surface area contributed by atoms with Crippen LogP contribution in [0.15, 0.2) is 18.2 Å². The number of hydrogen-bond donors (Lipinski definition) is 1. The van der Waals surface area contributed by atoms with E-state index in [9.17, 15) is 5.11 Å². The molecule has 19 heavy (non-hydrogen) atoms. The molecule has 0 aliphatic heterocycles. The Balaban J connectivity index is 2.37. The van der Waals surface area contributed by atoms with Crippen molar-refractivity contribution in [2.45, 2.75) is 33.3 Å². The molecule has 0 saturated heterocycles. The van der Waals surface area contributed by atoms with Crippen LogP contribution in [-0.2, 0) is 4.74 Å². The third-order valence-corrected chi connectivity index (χ3v) is 2.98. The molecular weight excluding hydrogens is 264 g/mol. The van der Waals surface area contributed by atoms with E-state index in [1.165, 1.54) is 0 Å². The van der Waals surface area contributed by atoms with Crippen LogP contribution in [0.25, 0.3) is 0 Å². The zero-order chi connectivity index (χ0) is 14.3. The Hall–Kier alpha value is -0.770. The van der Waals surface area contributed by atoms with Crippen LogP contribution in [-0.4, -0.2) is 24.9 Å². The van der Waals surface area contributed by atoms with Crippen LogP contribution in [0, 0.1) is 5.92 Å². The van der Waals surface area contributed by atoms with Gasteiger partial charge in [0.2, 0.25) is 0 Å². The van der Waals surface area contributed by atoms with Crippen LogP contribution in [0.5, 0.6) is 5.75 Å². The number of aliphatic hydroxyl groups is 1. The molecule has 1 N–H and O–H groups in total. The lowest BCUT2D eigenvalue weighted by Crippen LogP contribution is -2.10. The van der Waals surface area contributed by atoms with Crippen molar-refractivity contribution >= 4 is 11.6 Å². The summed E-state index contributed by atoms with van der Waals surface area (Å²) in [4.78, 5) is 0. The molecule has 0 radical (unpaired) electrons. The van der Waals surface area contributed by atoms with Crippen LogP contribution >= 0.6 is 11.6 Å². The summed E-state index contributed by atoms with van der Waals surface area (Å²) >= 11 is 5.90. The van der Waals surface area contributed by atoms with E-state index < -0.39 is 6.10 Å². The molecule has 0 aromatic heterocycles. The van der Waals surface area contributed by atoms with Gasteiger partial charge in [-0.1, -0.05) is 25.4 Å². The number of hydrogen-bond acceptors (Lipinski definition) is 3. The van der Waals surface area contributed by atoms with E-state index >= 15 is 0 Å². The number of benzene rings is 1. The summed E-state index contributed by atoms with van der Waals surface area (Å²) in [6, 6.07) is 5.25. The van der Waals surface area contributed by atoms with Gasteiger partial charge in [0.05, 0.1) is 12.7 Å². The van der Waals surface area contributed by atoms with Gasteiger partial charge in [-0.05, 0) is 37.5 Å². The number of rotatable bonds is 8. The minimum atomic E-state index is -0.601. The van der Waals surface area contributed by atoms with Crippen LogP contribution < -0.4 is 4.74 Å². The molecule has 0 amide bonds. The Morgan fingerprint density at radius 2 is 1.89 bits per heavy atom. The summed E-state index contributed by atoms with van der Waals surface area (Å²) < 4.78 is 11.1. The second-order valence-electron chi connectivity index (χ2n) is 5.00. The normalized spacial score (nSPS) is 12.7. The summed E-state index contributed by atoms with van der Waals surface area (Å²) in [5, 5.41) is 10.3. The van der Waals surface area contributed by atoms with Crippen molar-refractivity contribution in [3.8, 4) is 5.75 Å². The monoisotopic (exact) mass is 286 g/mol. The van der Waals surface area contributed by atoms with E-state index in [-0.39, 0.29) is 0 Å². The third kappa shape index (κ3) is 6.28. The molecule has 0 fully saturated rings. The molecule has 0 bridgehead atoms. The lowest BCUT2D eigenvalue weighted by molar-refractivity contribution is 0.0909. The molecule has 1 aromatic carbocycles. The van der Waals surface area contributed by atoms with Gasteiger partial charge in [0, 0.05) is 17.2 Å². The number of halogens is 1. The molecule has 4 heteroatoms. The summed E-state index contributed by atoms with van der Waals surface area (Å²) in [6.45, 7) is 7.81. The molecule has 108 valence electrons. The Kier molecular flexibility index (Phi) is 7.21. The second kappa shape index (κ2) is 8.41. The van der Waals surface area contributed by atoms with E-state index in [0.717, 1.165) is 13.0 Å². The molecule has 0 aliphatic rings. The Labute approximate surface area is 120 Å². The summed E-state index contributed by atoms with van der Waals surface area (Å²) in [5.74, 6) is 1.31. The lowest BCUT2D eigenvalue weighted by atomic mass is 10.1. The molecule has 0 heterocycles. The van der Waals surface area contributed by atoms with Gasteiger partial charge in [-0.3, -0.25) is 0 Å². The van der Waals surface area contributed by atoms with Crippen molar-refractivity contribution < 1.29 is 14.6 Å². The minimum Gasteiger partial charge on any atom is -0.491 e. The van der Waals surface area contributed by atoms with E-state index in [2.05, 4.69) is 13.8 Å². The number of ether oxygens (including phenoxy) is 2. The average Bonchev–Trinajstić information content (AvgIpc) is 2.34. The zero-order valence-corrected chi connectivity index (χ0v) is 12.6. The smallest absolute Gasteiger partial charge is 0.125 e. The van der Waals surface area contributed by atoms with Gasteiger partial charge in [-0.25, -0.2) is 0 Å². The number of aliphatic hydroxyl groups excluding tert-OH is 1. The SMILES string of the molecule is CC(C)CCOCCOc1ccc(Cl)cc1[C@@H](C)O. The molecule has 0 spiro atoms. The molecule has 1 aromatic rings. The third-order valence-electron chi connectivity index (χ3n) is 2.75. The zero-order valence-electron chi connectivity index (χ0n) is 11.9. The molecule has 0 aliphatic carbocycles. The standard InChI is InChI=1S/C15H23ClO3/c1-11(2)6-7-18-8-9-19-15-5-4-13(16)10-14(15)12(3)17/h4-5,10-12,17H,6-9H2,1-3H3/t12-/m1/s1. The molecule has 1 rings (SSSR count). The van der Waals surface area contributed by atoms with Crippen molar-refractivity contribution in [3.63, 3.8) is 0 Å². The first-order valence-corrected chi connectivity index (χ1v) is 7.06. The van der Waals surface area contributed by atoms with Gasteiger partial charge in [0.1, 0.15) is 12.4 Å². The van der Waals surface area contributed by atoms with Crippen molar-refractivity contribution in [1.29, 1.82) is 0 Å². The first kappa shape index (κ1) is 16.3. The highest BCUT2D eigenvalue weighted by Crippen LogP contribution is 2.28. The van der Waals surface area contributed by atoms with Gasteiger partial charge in [-0.15, -0.1) is 0 Å². The van der Waals surface area contributed by atoms with E-state index in [1.807, 2.05) is 0 Å². The van der Waals surface area contributed by atoms with Crippen LogP contribution in [0.4, 0.5) is 0 Å². The van der Waals surface area contributed by atoms with Gasteiger partial charge in [0.15, 0.2) is 0 Å². The van der Waals surface area contributed by atoms with Gasteiger partial charge in [-0.2, -0.15) is 0 Å². The van der Waals surface area contributed by atoms with Crippen molar-refractivity contribution in [2.75, 3.05) is 19.8 Å².